The minimum atomic E-state index is 0.367. The first-order valence-electron chi connectivity index (χ1n) is 6.78. The van der Waals surface area contributed by atoms with Crippen LogP contribution in [0.25, 0.3) is 0 Å². The van der Waals surface area contributed by atoms with Crippen LogP contribution in [0.1, 0.15) is 11.1 Å². The van der Waals surface area contributed by atoms with Crippen LogP contribution in [0.5, 0.6) is 5.75 Å². The summed E-state index contributed by atoms with van der Waals surface area (Å²) in [6.07, 6.45) is 1.04. The maximum atomic E-state index is 5.54. The van der Waals surface area contributed by atoms with Crippen LogP contribution in [0.3, 0.4) is 0 Å². The molecule has 19 heavy (non-hydrogen) atoms. The van der Waals surface area contributed by atoms with Gasteiger partial charge in [-0.1, -0.05) is 15.9 Å². The van der Waals surface area contributed by atoms with Gasteiger partial charge in [0.15, 0.2) is 6.79 Å². The second-order valence-corrected chi connectivity index (χ2v) is 5.81. The minimum absolute atomic E-state index is 0.367. The number of hydrogen-bond donors (Lipinski definition) is 1. The van der Waals surface area contributed by atoms with E-state index in [1.807, 2.05) is 6.07 Å². The lowest BCUT2D eigenvalue weighted by molar-refractivity contribution is -0.0169. The van der Waals surface area contributed by atoms with E-state index in [1.165, 1.54) is 11.1 Å². The lowest BCUT2D eigenvalue weighted by atomic mass is 10.0. The van der Waals surface area contributed by atoms with Crippen LogP contribution >= 0.6 is 15.9 Å². The highest BCUT2D eigenvalue weighted by Gasteiger charge is 2.18. The topological polar surface area (TPSA) is 33.7 Å². The van der Waals surface area contributed by atoms with Crippen molar-refractivity contribution in [2.45, 2.75) is 13.0 Å². The van der Waals surface area contributed by atoms with Crippen molar-refractivity contribution in [3.63, 3.8) is 0 Å². The normalized spacial score (nSPS) is 19.8. The Bertz CT molecular complexity index is 447. The first kappa shape index (κ1) is 13.4. The average Bonchev–Trinajstić information content (AvgIpc) is 2.47. The van der Waals surface area contributed by atoms with Gasteiger partial charge in [-0.15, -0.1) is 0 Å². The molecule has 1 aromatic rings. The molecule has 0 aromatic heterocycles. The largest absolute Gasteiger partial charge is 0.467 e. The van der Waals surface area contributed by atoms with Gasteiger partial charge in [-0.2, -0.15) is 0 Å². The van der Waals surface area contributed by atoms with Gasteiger partial charge < -0.3 is 19.7 Å². The van der Waals surface area contributed by atoms with Gasteiger partial charge in [0.25, 0.3) is 0 Å². The van der Waals surface area contributed by atoms with Crippen LogP contribution in [0.4, 0.5) is 0 Å². The van der Waals surface area contributed by atoms with E-state index in [1.54, 1.807) is 0 Å². The first-order chi connectivity index (χ1) is 9.34. The van der Waals surface area contributed by atoms with E-state index >= 15 is 0 Å². The van der Waals surface area contributed by atoms with Crippen LogP contribution in [0.15, 0.2) is 16.6 Å². The van der Waals surface area contributed by atoms with E-state index in [4.69, 9.17) is 9.47 Å². The molecule has 5 heteroatoms. The van der Waals surface area contributed by atoms with Crippen LogP contribution in [0.2, 0.25) is 0 Å². The molecule has 0 bridgehead atoms. The van der Waals surface area contributed by atoms with Gasteiger partial charge in [-0.25, -0.2) is 0 Å². The van der Waals surface area contributed by atoms with Crippen LogP contribution in [0, 0.1) is 0 Å². The number of hydrogen-bond acceptors (Lipinski definition) is 4. The van der Waals surface area contributed by atoms with Crippen molar-refractivity contribution in [2.75, 3.05) is 39.5 Å². The monoisotopic (exact) mass is 326 g/mol. The maximum absolute atomic E-state index is 5.54. The van der Waals surface area contributed by atoms with Gasteiger partial charge in [0.1, 0.15) is 5.75 Å². The molecule has 104 valence electrons. The summed E-state index contributed by atoms with van der Waals surface area (Å²) in [5.74, 6) is 0.977. The molecule has 0 amide bonds. The highest BCUT2D eigenvalue weighted by atomic mass is 79.9. The summed E-state index contributed by atoms with van der Waals surface area (Å²) in [5.41, 5.74) is 2.53. The molecule has 0 radical (unpaired) electrons. The fourth-order valence-corrected chi connectivity index (χ4v) is 3.23. The summed E-state index contributed by atoms with van der Waals surface area (Å²) >= 11 is 3.66. The molecule has 3 rings (SSSR count). The highest BCUT2D eigenvalue weighted by Crippen LogP contribution is 2.32. The molecular weight excluding hydrogens is 308 g/mol. The van der Waals surface area contributed by atoms with Crippen molar-refractivity contribution in [3.05, 3.63) is 27.7 Å². The molecule has 0 unspecified atom stereocenters. The van der Waals surface area contributed by atoms with Gasteiger partial charge >= 0.3 is 0 Å². The van der Waals surface area contributed by atoms with E-state index in [-0.39, 0.29) is 0 Å². The second kappa shape index (κ2) is 6.22. The molecule has 0 atom stereocenters. The molecule has 1 N–H and O–H groups in total. The number of ether oxygens (including phenoxy) is 2. The summed E-state index contributed by atoms with van der Waals surface area (Å²) in [6, 6.07) is 4.10. The lowest BCUT2D eigenvalue weighted by Gasteiger charge is -2.28. The number of fused-ring (bicyclic) bond motifs is 1. The molecule has 0 aliphatic carbocycles. The zero-order valence-corrected chi connectivity index (χ0v) is 12.5. The van der Waals surface area contributed by atoms with Crippen molar-refractivity contribution < 1.29 is 9.47 Å². The summed E-state index contributed by atoms with van der Waals surface area (Å²) in [5, 5.41) is 3.38. The van der Waals surface area contributed by atoms with E-state index in [9.17, 15) is 0 Å². The summed E-state index contributed by atoms with van der Waals surface area (Å²) in [4.78, 5) is 2.51. The van der Waals surface area contributed by atoms with Gasteiger partial charge in [0.2, 0.25) is 0 Å². The molecule has 1 aromatic carbocycles. The summed E-state index contributed by atoms with van der Waals surface area (Å²) in [6.45, 7) is 6.59. The van der Waals surface area contributed by atoms with E-state index in [0.29, 0.717) is 13.4 Å². The number of benzene rings is 1. The molecule has 1 fully saturated rings. The van der Waals surface area contributed by atoms with E-state index < -0.39 is 0 Å². The average molecular weight is 327 g/mol. The highest BCUT2D eigenvalue weighted by molar-refractivity contribution is 9.10. The Morgan fingerprint density at radius 3 is 2.95 bits per heavy atom. The molecule has 0 spiro atoms. The lowest BCUT2D eigenvalue weighted by Crippen LogP contribution is -2.44. The molecule has 0 saturated carbocycles. The third-order valence-corrected chi connectivity index (χ3v) is 4.51. The van der Waals surface area contributed by atoms with Gasteiger partial charge in [0, 0.05) is 42.8 Å². The molecule has 2 heterocycles. The van der Waals surface area contributed by atoms with Crippen LogP contribution in [-0.2, 0) is 17.8 Å². The van der Waals surface area contributed by atoms with Gasteiger partial charge in [0.05, 0.1) is 6.61 Å². The first-order valence-corrected chi connectivity index (χ1v) is 7.58. The zero-order chi connectivity index (χ0) is 13.1. The number of nitrogens with one attached hydrogen (secondary N) is 1. The Hall–Kier alpha value is -0.620. The Balaban J connectivity index is 1.72. The summed E-state index contributed by atoms with van der Waals surface area (Å²) < 4.78 is 12.1. The molecule has 2 aliphatic rings. The number of halogens is 1. The predicted molar refractivity (Wildman–Crippen MR) is 77.4 cm³/mol. The smallest absolute Gasteiger partial charge is 0.189 e. The zero-order valence-electron chi connectivity index (χ0n) is 11.0. The Morgan fingerprint density at radius 1 is 1.26 bits per heavy atom. The predicted octanol–water partition coefficient (Wildman–Crippen LogP) is 1.76. The second-order valence-electron chi connectivity index (χ2n) is 4.95. The van der Waals surface area contributed by atoms with Crippen molar-refractivity contribution in [1.29, 1.82) is 0 Å². The quantitative estimate of drug-likeness (QED) is 0.917. The summed E-state index contributed by atoms with van der Waals surface area (Å²) in [7, 11) is 0. The molecule has 2 aliphatic heterocycles. The maximum Gasteiger partial charge on any atom is 0.189 e. The number of nitrogens with zero attached hydrogens (tertiary/aromatic N) is 1. The Labute approximate surface area is 122 Å². The molecule has 1 saturated heterocycles. The Morgan fingerprint density at radius 2 is 2.11 bits per heavy atom. The van der Waals surface area contributed by atoms with E-state index in [0.717, 1.165) is 49.4 Å². The Kier molecular flexibility index (Phi) is 4.38. The van der Waals surface area contributed by atoms with Gasteiger partial charge in [-0.3, -0.25) is 0 Å². The van der Waals surface area contributed by atoms with Crippen LogP contribution < -0.4 is 10.1 Å². The van der Waals surface area contributed by atoms with Crippen molar-refractivity contribution >= 4 is 15.9 Å². The molecular formula is C14H19BrN2O2. The van der Waals surface area contributed by atoms with Gasteiger partial charge in [-0.05, 0) is 24.1 Å². The third-order valence-electron chi connectivity index (χ3n) is 3.76. The SMILES string of the molecule is Brc1ccc2c(c1CCN1CCNCC1)COCO2. The van der Waals surface area contributed by atoms with Crippen molar-refractivity contribution in [2.24, 2.45) is 0 Å². The fraction of sp³-hybridized carbons (Fsp3) is 0.571. The van der Waals surface area contributed by atoms with Crippen molar-refractivity contribution in [3.8, 4) is 5.75 Å². The minimum Gasteiger partial charge on any atom is -0.467 e. The third kappa shape index (κ3) is 3.11. The standard InChI is InChI=1S/C14H19BrN2O2/c15-13-1-2-14-12(9-18-10-19-14)11(13)3-6-17-7-4-16-5-8-17/h1-2,16H,3-10H2. The molecule has 4 nitrogen and oxygen atoms in total. The number of rotatable bonds is 3. The van der Waals surface area contributed by atoms with E-state index in [2.05, 4.69) is 32.2 Å². The number of piperazine rings is 1. The fourth-order valence-electron chi connectivity index (χ4n) is 2.66. The van der Waals surface area contributed by atoms with Crippen molar-refractivity contribution in [1.82, 2.24) is 10.2 Å². The van der Waals surface area contributed by atoms with Crippen LogP contribution in [-0.4, -0.2) is 44.4 Å².